The first-order valence-corrected chi connectivity index (χ1v) is 6.05. The van der Waals surface area contributed by atoms with E-state index in [4.69, 9.17) is 9.47 Å². The molecule has 0 aromatic heterocycles. The molecule has 0 aromatic carbocycles. The minimum Gasteiger partial charge on any atom is -0.444 e. The van der Waals surface area contributed by atoms with Crippen molar-refractivity contribution in [3.05, 3.63) is 0 Å². The molecule has 1 N–H and O–H groups in total. The Bertz CT molecular complexity index is 262. The summed E-state index contributed by atoms with van der Waals surface area (Å²) < 4.78 is 10.7. The van der Waals surface area contributed by atoms with E-state index in [-0.39, 0.29) is 24.8 Å². The fourth-order valence-corrected chi connectivity index (χ4v) is 1.84. The van der Waals surface area contributed by atoms with Crippen LogP contribution in [-0.2, 0) is 9.47 Å². The number of aliphatic hydroxyl groups excluding tert-OH is 1. The maximum absolute atomic E-state index is 12.1. The fraction of sp³-hybridized carbons (Fsp3) is 0.917. The molecule has 5 nitrogen and oxygen atoms in total. The highest BCUT2D eigenvalue weighted by atomic mass is 16.6. The second-order valence-electron chi connectivity index (χ2n) is 5.44. The van der Waals surface area contributed by atoms with Gasteiger partial charge in [0.2, 0.25) is 0 Å². The Morgan fingerprint density at radius 2 is 2.18 bits per heavy atom. The zero-order valence-corrected chi connectivity index (χ0v) is 11.1. The van der Waals surface area contributed by atoms with Gasteiger partial charge < -0.3 is 14.6 Å². The third-order valence-corrected chi connectivity index (χ3v) is 2.67. The molecule has 0 bridgehead atoms. The number of carbonyl (C=O) groups excluding carboxylic acids is 1. The van der Waals surface area contributed by atoms with Gasteiger partial charge in [0.1, 0.15) is 5.60 Å². The highest BCUT2D eigenvalue weighted by Crippen LogP contribution is 2.18. The van der Waals surface area contributed by atoms with Gasteiger partial charge in [0.25, 0.3) is 0 Å². The van der Waals surface area contributed by atoms with Gasteiger partial charge in [0.05, 0.1) is 19.3 Å². The van der Waals surface area contributed by atoms with Crippen molar-refractivity contribution in [1.29, 1.82) is 0 Å². The molecular formula is C12H23NO4. The Balaban J connectivity index is 2.77. The van der Waals surface area contributed by atoms with E-state index in [9.17, 15) is 9.90 Å². The molecule has 0 aromatic rings. The third-order valence-electron chi connectivity index (χ3n) is 2.67. The molecule has 2 atom stereocenters. The van der Waals surface area contributed by atoms with Crippen LogP contribution in [0.3, 0.4) is 0 Å². The molecule has 1 aliphatic heterocycles. The number of aliphatic hydroxyl groups is 1. The molecule has 1 aliphatic rings. The first kappa shape index (κ1) is 14.3. The lowest BCUT2D eigenvalue weighted by atomic mass is 10.1. The van der Waals surface area contributed by atoms with Gasteiger partial charge in [-0.2, -0.15) is 0 Å². The van der Waals surface area contributed by atoms with Gasteiger partial charge in [-0.1, -0.05) is 0 Å². The van der Waals surface area contributed by atoms with Gasteiger partial charge in [-0.25, -0.2) is 4.79 Å². The predicted octanol–water partition coefficient (Wildman–Crippen LogP) is 1.39. The lowest BCUT2D eigenvalue weighted by Crippen LogP contribution is -2.50. The molecule has 1 saturated heterocycles. The average molecular weight is 245 g/mol. The van der Waals surface area contributed by atoms with E-state index in [2.05, 4.69) is 0 Å². The predicted molar refractivity (Wildman–Crippen MR) is 63.8 cm³/mol. The summed E-state index contributed by atoms with van der Waals surface area (Å²) in [7, 11) is 0. The van der Waals surface area contributed by atoms with Crippen LogP contribution in [0.4, 0.5) is 4.79 Å². The minimum atomic E-state index is -0.524. The van der Waals surface area contributed by atoms with Crippen LogP contribution in [0.15, 0.2) is 0 Å². The topological polar surface area (TPSA) is 59.0 Å². The summed E-state index contributed by atoms with van der Waals surface area (Å²) >= 11 is 0. The maximum Gasteiger partial charge on any atom is 0.410 e. The maximum atomic E-state index is 12.1. The molecule has 1 rings (SSSR count). The summed E-state index contributed by atoms with van der Waals surface area (Å²) in [6, 6.07) is -0.299. The number of ether oxygens (including phenoxy) is 2. The monoisotopic (exact) mass is 245 g/mol. The van der Waals surface area contributed by atoms with Crippen molar-refractivity contribution in [3.8, 4) is 0 Å². The highest BCUT2D eigenvalue weighted by molar-refractivity contribution is 5.69. The van der Waals surface area contributed by atoms with Gasteiger partial charge in [0, 0.05) is 12.6 Å². The van der Waals surface area contributed by atoms with E-state index < -0.39 is 5.60 Å². The van der Waals surface area contributed by atoms with Crippen LogP contribution in [0.5, 0.6) is 0 Å². The quantitative estimate of drug-likeness (QED) is 0.758. The molecule has 0 radical (unpaired) electrons. The first-order valence-electron chi connectivity index (χ1n) is 6.05. The van der Waals surface area contributed by atoms with Crippen LogP contribution >= 0.6 is 0 Å². The molecule has 100 valence electrons. The standard InChI is InChI=1S/C12H23NO4/c1-9-5-6-16-8-10(7-14)13(9)11(15)17-12(2,3)4/h9-10,14H,5-8H2,1-4H3/t9-,10-/m0/s1. The van der Waals surface area contributed by atoms with Gasteiger partial charge in [-0.05, 0) is 34.1 Å². The van der Waals surface area contributed by atoms with Crippen LogP contribution in [0, 0.1) is 0 Å². The van der Waals surface area contributed by atoms with Crippen molar-refractivity contribution in [1.82, 2.24) is 4.90 Å². The highest BCUT2D eigenvalue weighted by Gasteiger charge is 2.33. The first-order chi connectivity index (χ1) is 7.85. The van der Waals surface area contributed by atoms with Crippen molar-refractivity contribution in [3.63, 3.8) is 0 Å². The van der Waals surface area contributed by atoms with Crippen LogP contribution < -0.4 is 0 Å². The van der Waals surface area contributed by atoms with Crippen molar-refractivity contribution < 1.29 is 19.4 Å². The molecule has 0 spiro atoms. The molecule has 0 unspecified atom stereocenters. The Morgan fingerprint density at radius 1 is 1.53 bits per heavy atom. The van der Waals surface area contributed by atoms with E-state index in [1.165, 1.54) is 0 Å². The van der Waals surface area contributed by atoms with Gasteiger partial charge >= 0.3 is 6.09 Å². The molecular weight excluding hydrogens is 222 g/mol. The number of hydrogen-bond donors (Lipinski definition) is 1. The number of nitrogens with zero attached hydrogens (tertiary/aromatic N) is 1. The van der Waals surface area contributed by atoms with Crippen molar-refractivity contribution in [2.24, 2.45) is 0 Å². The van der Waals surface area contributed by atoms with Crippen molar-refractivity contribution in [2.75, 3.05) is 19.8 Å². The molecule has 0 aliphatic carbocycles. The molecule has 5 heteroatoms. The average Bonchev–Trinajstić information content (AvgIpc) is 2.36. The summed E-state index contributed by atoms with van der Waals surface area (Å²) in [6.07, 6.45) is 0.380. The largest absolute Gasteiger partial charge is 0.444 e. The van der Waals surface area contributed by atoms with Gasteiger partial charge in [-0.3, -0.25) is 4.90 Å². The van der Waals surface area contributed by atoms with E-state index in [0.717, 1.165) is 6.42 Å². The number of carbonyl (C=O) groups is 1. The lowest BCUT2D eigenvalue weighted by molar-refractivity contribution is -0.00528. The molecule has 1 amide bonds. The Labute approximate surface area is 103 Å². The smallest absolute Gasteiger partial charge is 0.410 e. The van der Waals surface area contributed by atoms with Gasteiger partial charge in [0.15, 0.2) is 0 Å². The van der Waals surface area contributed by atoms with Gasteiger partial charge in [-0.15, -0.1) is 0 Å². The number of amides is 1. The second-order valence-corrected chi connectivity index (χ2v) is 5.44. The van der Waals surface area contributed by atoms with Crippen LogP contribution in [0.1, 0.15) is 34.1 Å². The molecule has 1 heterocycles. The summed E-state index contributed by atoms with van der Waals surface area (Å²) in [5.41, 5.74) is -0.524. The third kappa shape index (κ3) is 4.16. The number of hydrogen-bond acceptors (Lipinski definition) is 4. The second kappa shape index (κ2) is 5.69. The van der Waals surface area contributed by atoms with E-state index >= 15 is 0 Å². The SMILES string of the molecule is C[C@H]1CCOC[C@H](CO)N1C(=O)OC(C)(C)C. The van der Waals surface area contributed by atoms with Crippen molar-refractivity contribution in [2.45, 2.75) is 51.8 Å². The summed E-state index contributed by atoms with van der Waals surface area (Å²) in [6.45, 7) is 8.30. The normalized spacial score (nSPS) is 26.5. The minimum absolute atomic E-state index is 0.0181. The van der Waals surface area contributed by atoms with E-state index in [0.29, 0.717) is 13.2 Å². The van der Waals surface area contributed by atoms with E-state index in [1.807, 2.05) is 27.7 Å². The Hall–Kier alpha value is -0.810. The zero-order chi connectivity index (χ0) is 13.1. The molecule has 0 saturated carbocycles. The lowest BCUT2D eigenvalue weighted by Gasteiger charge is -2.34. The Kier molecular flexibility index (Phi) is 4.77. The zero-order valence-electron chi connectivity index (χ0n) is 11.1. The summed E-state index contributed by atoms with van der Waals surface area (Å²) in [4.78, 5) is 13.7. The molecule has 1 fully saturated rings. The van der Waals surface area contributed by atoms with E-state index in [1.54, 1.807) is 4.90 Å². The van der Waals surface area contributed by atoms with Crippen molar-refractivity contribution >= 4 is 6.09 Å². The fourth-order valence-electron chi connectivity index (χ4n) is 1.84. The van der Waals surface area contributed by atoms with Crippen LogP contribution in [-0.4, -0.2) is 53.6 Å². The molecule has 17 heavy (non-hydrogen) atoms. The van der Waals surface area contributed by atoms with Crippen LogP contribution in [0.2, 0.25) is 0 Å². The van der Waals surface area contributed by atoms with Crippen LogP contribution in [0.25, 0.3) is 0 Å². The Morgan fingerprint density at radius 3 is 2.71 bits per heavy atom. The number of rotatable bonds is 1. The summed E-state index contributed by atoms with van der Waals surface area (Å²) in [5.74, 6) is 0. The summed E-state index contributed by atoms with van der Waals surface area (Å²) in [5, 5.41) is 9.32.